The average molecular weight is 205 g/mol. The molecular weight excluding hydrogens is 186 g/mol. The van der Waals surface area contributed by atoms with Crippen molar-refractivity contribution in [2.45, 2.75) is 26.8 Å². The van der Waals surface area contributed by atoms with Crippen LogP contribution in [0.1, 0.15) is 32.4 Å². The van der Waals surface area contributed by atoms with Crippen LogP contribution in [0.3, 0.4) is 0 Å². The summed E-state index contributed by atoms with van der Waals surface area (Å²) in [6.45, 7) is 5.73. The second kappa shape index (κ2) is 5.08. The van der Waals surface area contributed by atoms with E-state index in [-0.39, 0.29) is 23.7 Å². The SMILES string of the molecule is CC(C)C(=O)C(C)C(N)c1ccccc1. The molecule has 2 nitrogen and oxygen atoms in total. The summed E-state index contributed by atoms with van der Waals surface area (Å²) in [7, 11) is 0. The maximum atomic E-state index is 11.8. The summed E-state index contributed by atoms with van der Waals surface area (Å²) >= 11 is 0. The molecule has 0 radical (unpaired) electrons. The lowest BCUT2D eigenvalue weighted by atomic mass is 9.87. The highest BCUT2D eigenvalue weighted by Crippen LogP contribution is 2.22. The minimum Gasteiger partial charge on any atom is -0.323 e. The molecule has 0 fully saturated rings. The molecule has 0 aliphatic carbocycles. The van der Waals surface area contributed by atoms with Gasteiger partial charge in [0.2, 0.25) is 0 Å². The molecule has 0 aliphatic heterocycles. The fourth-order valence-corrected chi connectivity index (χ4v) is 1.67. The molecule has 0 spiro atoms. The largest absolute Gasteiger partial charge is 0.323 e. The van der Waals surface area contributed by atoms with Crippen LogP contribution in [0.4, 0.5) is 0 Å². The number of Topliss-reactive ketones (excluding diaryl/α,β-unsaturated/α-hetero) is 1. The van der Waals surface area contributed by atoms with Crippen molar-refractivity contribution >= 4 is 5.78 Å². The summed E-state index contributed by atoms with van der Waals surface area (Å²) < 4.78 is 0. The van der Waals surface area contributed by atoms with Gasteiger partial charge in [-0.2, -0.15) is 0 Å². The Morgan fingerprint density at radius 1 is 1.13 bits per heavy atom. The minimum absolute atomic E-state index is 0.0507. The Labute approximate surface area is 91.5 Å². The molecule has 0 aliphatic rings. The van der Waals surface area contributed by atoms with E-state index in [4.69, 9.17) is 5.73 Å². The molecular formula is C13H19NO. The fourth-order valence-electron chi connectivity index (χ4n) is 1.67. The van der Waals surface area contributed by atoms with Gasteiger partial charge < -0.3 is 5.73 Å². The molecule has 0 amide bonds. The van der Waals surface area contributed by atoms with Crippen LogP contribution in [-0.2, 0) is 4.79 Å². The summed E-state index contributed by atoms with van der Waals surface area (Å²) in [4.78, 5) is 11.8. The van der Waals surface area contributed by atoms with Gasteiger partial charge in [0.1, 0.15) is 5.78 Å². The summed E-state index contributed by atoms with van der Waals surface area (Å²) in [5, 5.41) is 0. The lowest BCUT2D eigenvalue weighted by molar-refractivity contribution is -0.125. The topological polar surface area (TPSA) is 43.1 Å². The highest BCUT2D eigenvalue weighted by Gasteiger charge is 2.23. The first kappa shape index (κ1) is 11.9. The molecule has 1 aromatic rings. The standard InChI is InChI=1S/C13H19NO/c1-9(2)13(15)10(3)12(14)11-7-5-4-6-8-11/h4-10,12H,14H2,1-3H3. The summed E-state index contributed by atoms with van der Waals surface area (Å²) in [6.07, 6.45) is 0. The minimum atomic E-state index is -0.193. The van der Waals surface area contributed by atoms with E-state index >= 15 is 0 Å². The van der Waals surface area contributed by atoms with Crippen LogP contribution in [0.2, 0.25) is 0 Å². The Hall–Kier alpha value is -1.15. The number of hydrogen-bond acceptors (Lipinski definition) is 2. The third-order valence-electron chi connectivity index (χ3n) is 2.74. The highest BCUT2D eigenvalue weighted by atomic mass is 16.1. The second-order valence-corrected chi connectivity index (χ2v) is 4.28. The third kappa shape index (κ3) is 2.90. The first-order chi connectivity index (χ1) is 7.04. The molecule has 2 heteroatoms. The Bertz CT molecular complexity index is 319. The number of carbonyl (C=O) groups is 1. The number of hydrogen-bond donors (Lipinski definition) is 1. The van der Waals surface area contributed by atoms with Crippen molar-refractivity contribution in [3.8, 4) is 0 Å². The van der Waals surface area contributed by atoms with Crippen LogP contribution in [0, 0.1) is 11.8 Å². The Morgan fingerprint density at radius 2 is 1.67 bits per heavy atom. The normalized spacial score (nSPS) is 15.0. The van der Waals surface area contributed by atoms with E-state index in [1.807, 2.05) is 51.1 Å². The van der Waals surface area contributed by atoms with Gasteiger partial charge in [-0.3, -0.25) is 4.79 Å². The molecule has 82 valence electrons. The van der Waals surface area contributed by atoms with Crippen molar-refractivity contribution in [1.29, 1.82) is 0 Å². The molecule has 2 N–H and O–H groups in total. The number of benzene rings is 1. The molecule has 1 rings (SSSR count). The highest BCUT2D eigenvalue weighted by molar-refractivity contribution is 5.83. The average Bonchev–Trinajstić information content (AvgIpc) is 2.27. The van der Waals surface area contributed by atoms with Gasteiger partial charge in [0, 0.05) is 17.9 Å². The van der Waals surface area contributed by atoms with Crippen LogP contribution >= 0.6 is 0 Å². The lowest BCUT2D eigenvalue weighted by Crippen LogP contribution is -2.28. The maximum Gasteiger partial charge on any atom is 0.140 e. The maximum absolute atomic E-state index is 11.8. The molecule has 2 unspecified atom stereocenters. The Kier molecular flexibility index (Phi) is 4.04. The van der Waals surface area contributed by atoms with E-state index < -0.39 is 0 Å². The molecule has 0 aromatic heterocycles. The van der Waals surface area contributed by atoms with Crippen LogP contribution in [-0.4, -0.2) is 5.78 Å². The van der Waals surface area contributed by atoms with Crippen molar-refractivity contribution in [1.82, 2.24) is 0 Å². The van der Waals surface area contributed by atoms with Crippen molar-refractivity contribution in [3.63, 3.8) is 0 Å². The van der Waals surface area contributed by atoms with E-state index in [0.717, 1.165) is 5.56 Å². The number of nitrogens with two attached hydrogens (primary N) is 1. The smallest absolute Gasteiger partial charge is 0.140 e. The quantitative estimate of drug-likeness (QED) is 0.820. The zero-order valence-electron chi connectivity index (χ0n) is 9.60. The lowest BCUT2D eigenvalue weighted by Gasteiger charge is -2.20. The molecule has 2 atom stereocenters. The van der Waals surface area contributed by atoms with Gasteiger partial charge in [0.05, 0.1) is 0 Å². The predicted octanol–water partition coefficient (Wildman–Crippen LogP) is 2.55. The van der Waals surface area contributed by atoms with Crippen molar-refractivity contribution in [3.05, 3.63) is 35.9 Å². The Balaban J connectivity index is 2.77. The van der Waals surface area contributed by atoms with Gasteiger partial charge in [-0.15, -0.1) is 0 Å². The van der Waals surface area contributed by atoms with E-state index in [0.29, 0.717) is 0 Å². The van der Waals surface area contributed by atoms with E-state index in [1.165, 1.54) is 0 Å². The van der Waals surface area contributed by atoms with Crippen molar-refractivity contribution < 1.29 is 4.79 Å². The van der Waals surface area contributed by atoms with E-state index in [9.17, 15) is 4.79 Å². The summed E-state index contributed by atoms with van der Waals surface area (Å²) in [5.74, 6) is 0.161. The third-order valence-corrected chi connectivity index (χ3v) is 2.74. The zero-order valence-corrected chi connectivity index (χ0v) is 9.60. The van der Waals surface area contributed by atoms with Crippen LogP contribution in [0.5, 0.6) is 0 Å². The Morgan fingerprint density at radius 3 is 2.13 bits per heavy atom. The fraction of sp³-hybridized carbons (Fsp3) is 0.462. The number of ketones is 1. The molecule has 0 saturated carbocycles. The van der Waals surface area contributed by atoms with Gasteiger partial charge in [0.25, 0.3) is 0 Å². The number of rotatable bonds is 4. The van der Waals surface area contributed by atoms with Crippen LogP contribution < -0.4 is 5.73 Å². The van der Waals surface area contributed by atoms with Crippen LogP contribution in [0.25, 0.3) is 0 Å². The van der Waals surface area contributed by atoms with Gasteiger partial charge in [-0.25, -0.2) is 0 Å². The van der Waals surface area contributed by atoms with Crippen molar-refractivity contribution in [2.75, 3.05) is 0 Å². The van der Waals surface area contributed by atoms with Crippen molar-refractivity contribution in [2.24, 2.45) is 17.6 Å². The molecule has 15 heavy (non-hydrogen) atoms. The first-order valence-electron chi connectivity index (χ1n) is 5.38. The molecule has 0 heterocycles. The first-order valence-corrected chi connectivity index (χ1v) is 5.38. The van der Waals surface area contributed by atoms with E-state index in [2.05, 4.69) is 0 Å². The summed E-state index contributed by atoms with van der Waals surface area (Å²) in [5.41, 5.74) is 7.08. The van der Waals surface area contributed by atoms with E-state index in [1.54, 1.807) is 0 Å². The second-order valence-electron chi connectivity index (χ2n) is 4.28. The van der Waals surface area contributed by atoms with Gasteiger partial charge >= 0.3 is 0 Å². The molecule has 1 aromatic carbocycles. The van der Waals surface area contributed by atoms with Crippen LogP contribution in [0.15, 0.2) is 30.3 Å². The van der Waals surface area contributed by atoms with Gasteiger partial charge in [-0.1, -0.05) is 51.1 Å². The monoisotopic (exact) mass is 205 g/mol. The number of carbonyl (C=O) groups excluding carboxylic acids is 1. The summed E-state index contributed by atoms with van der Waals surface area (Å²) in [6, 6.07) is 9.58. The molecule has 0 saturated heterocycles. The zero-order chi connectivity index (χ0) is 11.4. The predicted molar refractivity (Wildman–Crippen MR) is 62.4 cm³/mol. The van der Waals surface area contributed by atoms with Gasteiger partial charge in [0.15, 0.2) is 0 Å². The van der Waals surface area contributed by atoms with Gasteiger partial charge in [-0.05, 0) is 5.56 Å². The molecule has 0 bridgehead atoms.